The molecule has 0 bridgehead atoms. The molecule has 2 atom stereocenters. The zero-order valence-electron chi connectivity index (χ0n) is 20.4. The molecule has 0 radical (unpaired) electrons. The number of H-pyrrole nitrogens is 1. The van der Waals surface area contributed by atoms with E-state index >= 15 is 0 Å². The number of para-hydroxylation sites is 1. The Morgan fingerprint density at radius 2 is 1.94 bits per heavy atom. The van der Waals surface area contributed by atoms with Gasteiger partial charge >= 0.3 is 5.97 Å². The molecule has 2 aliphatic heterocycles. The summed E-state index contributed by atoms with van der Waals surface area (Å²) in [6.45, 7) is 3.31. The zero-order chi connectivity index (χ0) is 24.6. The monoisotopic (exact) mass is 482 g/mol. The quantitative estimate of drug-likeness (QED) is 0.416. The molecule has 1 aromatic heterocycles. The fraction of sp³-hybridized carbons (Fsp3) is 0.593. The largest absolute Gasteiger partial charge is 0.481 e. The Labute approximate surface area is 206 Å². The van der Waals surface area contributed by atoms with E-state index in [0.29, 0.717) is 38.3 Å². The fourth-order valence-electron chi connectivity index (χ4n) is 5.42. The van der Waals surface area contributed by atoms with Crippen LogP contribution in [0.2, 0.25) is 0 Å². The van der Waals surface area contributed by atoms with Gasteiger partial charge < -0.3 is 25.6 Å². The van der Waals surface area contributed by atoms with Crippen LogP contribution < -0.4 is 10.6 Å². The molecule has 4 rings (SSSR count). The van der Waals surface area contributed by atoms with E-state index in [1.807, 2.05) is 35.4 Å². The summed E-state index contributed by atoms with van der Waals surface area (Å²) in [5.74, 6) is -1.21. The molecule has 0 spiro atoms. The molecule has 35 heavy (non-hydrogen) atoms. The van der Waals surface area contributed by atoms with Crippen molar-refractivity contribution < 1.29 is 19.5 Å². The van der Waals surface area contributed by atoms with Crippen molar-refractivity contribution >= 4 is 28.7 Å². The maximum Gasteiger partial charge on any atom is 0.308 e. The number of fused-ring (bicyclic) bond motifs is 1. The van der Waals surface area contributed by atoms with Gasteiger partial charge in [-0.25, -0.2) is 0 Å². The number of nitrogens with zero attached hydrogens (tertiary/aromatic N) is 1. The van der Waals surface area contributed by atoms with Crippen LogP contribution in [0.3, 0.4) is 0 Å². The minimum absolute atomic E-state index is 0.108. The van der Waals surface area contributed by atoms with Gasteiger partial charge in [-0.2, -0.15) is 0 Å². The van der Waals surface area contributed by atoms with Gasteiger partial charge in [-0.15, -0.1) is 0 Å². The molecule has 2 amide bonds. The summed E-state index contributed by atoms with van der Waals surface area (Å²) in [6, 6.07) is 7.97. The van der Waals surface area contributed by atoms with Gasteiger partial charge in [0, 0.05) is 43.2 Å². The average Bonchev–Trinajstić information content (AvgIpc) is 3.30. The Hall–Kier alpha value is -2.87. The smallest absolute Gasteiger partial charge is 0.308 e. The van der Waals surface area contributed by atoms with Gasteiger partial charge in [0.05, 0.1) is 11.8 Å². The molecule has 3 heterocycles. The molecule has 190 valence electrons. The third-order valence-electron chi connectivity index (χ3n) is 7.68. The van der Waals surface area contributed by atoms with Gasteiger partial charge in [0.25, 0.3) is 0 Å². The lowest BCUT2D eigenvalue weighted by molar-refractivity contribution is -0.142. The number of hydrogen-bond donors (Lipinski definition) is 4. The summed E-state index contributed by atoms with van der Waals surface area (Å²) in [5, 5.41) is 17.0. The van der Waals surface area contributed by atoms with Crippen LogP contribution in [0.25, 0.3) is 10.9 Å². The second-order valence-corrected chi connectivity index (χ2v) is 10.1. The topological polar surface area (TPSA) is 115 Å². The predicted molar refractivity (Wildman–Crippen MR) is 135 cm³/mol. The molecule has 1 aromatic carbocycles. The summed E-state index contributed by atoms with van der Waals surface area (Å²) < 4.78 is 0. The van der Waals surface area contributed by atoms with Gasteiger partial charge in [0.2, 0.25) is 11.8 Å². The molecule has 2 fully saturated rings. The first kappa shape index (κ1) is 25.2. The number of carboxylic acids is 1. The summed E-state index contributed by atoms with van der Waals surface area (Å²) in [5.41, 5.74) is 2.12. The molecule has 2 saturated heterocycles. The van der Waals surface area contributed by atoms with Gasteiger partial charge in [0.1, 0.15) is 0 Å². The lowest BCUT2D eigenvalue weighted by Gasteiger charge is -2.33. The highest BCUT2D eigenvalue weighted by Crippen LogP contribution is 2.23. The molecule has 8 heteroatoms. The van der Waals surface area contributed by atoms with Gasteiger partial charge in [-0.05, 0) is 75.6 Å². The molecule has 4 N–H and O–H groups in total. The van der Waals surface area contributed by atoms with Crippen LogP contribution >= 0.6 is 0 Å². The Morgan fingerprint density at radius 3 is 2.74 bits per heavy atom. The molecule has 2 aromatic rings. The van der Waals surface area contributed by atoms with Crippen LogP contribution in [-0.4, -0.2) is 65.5 Å². The van der Waals surface area contributed by atoms with Crippen molar-refractivity contribution in [3.05, 3.63) is 36.0 Å². The van der Waals surface area contributed by atoms with Gasteiger partial charge in [-0.1, -0.05) is 18.2 Å². The lowest BCUT2D eigenvalue weighted by Crippen LogP contribution is -2.46. The van der Waals surface area contributed by atoms with E-state index in [9.17, 15) is 19.5 Å². The van der Waals surface area contributed by atoms with Crippen molar-refractivity contribution in [1.82, 2.24) is 20.5 Å². The first-order valence-electron chi connectivity index (χ1n) is 13.0. The number of aryl methyl sites for hydroxylation is 1. The zero-order valence-corrected chi connectivity index (χ0v) is 20.4. The van der Waals surface area contributed by atoms with E-state index < -0.39 is 11.9 Å². The van der Waals surface area contributed by atoms with Gasteiger partial charge in [0.15, 0.2) is 0 Å². The molecule has 2 aliphatic rings. The number of likely N-dealkylation sites (tertiary alicyclic amines) is 1. The number of hydrogen-bond acceptors (Lipinski definition) is 4. The number of carbonyl (C=O) groups excluding carboxylic acids is 2. The maximum absolute atomic E-state index is 12.9. The summed E-state index contributed by atoms with van der Waals surface area (Å²) in [6.07, 6.45) is 8.27. The van der Waals surface area contributed by atoms with Crippen molar-refractivity contribution in [2.45, 2.75) is 51.4 Å². The first-order valence-corrected chi connectivity index (χ1v) is 13.0. The number of amides is 2. The first-order chi connectivity index (χ1) is 17.0. The number of aliphatic carboxylic acids is 1. The molecule has 0 aliphatic carbocycles. The van der Waals surface area contributed by atoms with E-state index in [4.69, 9.17) is 0 Å². The summed E-state index contributed by atoms with van der Waals surface area (Å²) in [7, 11) is 0. The molecule has 8 nitrogen and oxygen atoms in total. The van der Waals surface area contributed by atoms with E-state index in [-0.39, 0.29) is 24.3 Å². The van der Waals surface area contributed by atoms with Crippen molar-refractivity contribution in [3.8, 4) is 0 Å². The maximum atomic E-state index is 12.9. The van der Waals surface area contributed by atoms with Crippen molar-refractivity contribution in [2.24, 2.45) is 17.8 Å². The van der Waals surface area contributed by atoms with E-state index in [0.717, 1.165) is 61.7 Å². The van der Waals surface area contributed by atoms with E-state index in [2.05, 4.69) is 15.6 Å². The summed E-state index contributed by atoms with van der Waals surface area (Å²) >= 11 is 0. The summed E-state index contributed by atoms with van der Waals surface area (Å²) in [4.78, 5) is 42.5. The van der Waals surface area contributed by atoms with Crippen LogP contribution in [0.1, 0.15) is 50.5 Å². The third kappa shape index (κ3) is 6.84. The van der Waals surface area contributed by atoms with E-state index in [1.54, 1.807) is 0 Å². The Morgan fingerprint density at radius 1 is 1.14 bits per heavy atom. The predicted octanol–water partition coefficient (Wildman–Crippen LogP) is 2.94. The number of aromatic nitrogens is 1. The average molecular weight is 483 g/mol. The molecular weight excluding hydrogens is 444 g/mol. The number of rotatable bonds is 10. The van der Waals surface area contributed by atoms with Crippen LogP contribution in [0, 0.1) is 17.8 Å². The second-order valence-electron chi connectivity index (χ2n) is 10.1. The normalized spacial score (nSPS) is 20.0. The lowest BCUT2D eigenvalue weighted by atomic mass is 9.92. The number of carbonyl (C=O) groups is 3. The minimum atomic E-state index is -0.900. The minimum Gasteiger partial charge on any atom is -0.481 e. The second kappa shape index (κ2) is 12.2. The van der Waals surface area contributed by atoms with Crippen molar-refractivity contribution in [2.75, 3.05) is 32.7 Å². The highest BCUT2D eigenvalue weighted by molar-refractivity contribution is 5.83. The Bertz CT molecular complexity index is 1010. The SMILES string of the molecule is O=C(O)C(CCc1c[nH]c2ccccc12)CNC(=O)[C@H]1CCCN(C(=O)CCC2CCNCC2)C1. The van der Waals surface area contributed by atoms with Gasteiger partial charge in [-0.3, -0.25) is 14.4 Å². The number of benzene rings is 1. The number of piperidine rings is 2. The fourth-order valence-corrected chi connectivity index (χ4v) is 5.42. The standard InChI is InChI=1S/C27H38N4O4/c32-25(10-7-19-11-13-28-14-12-19)31-15-3-4-22(18-31)26(33)30-17-21(27(34)35)9-8-20-16-29-24-6-2-1-5-23(20)24/h1-2,5-6,16,19,21-22,28-29H,3-4,7-15,17-18H2,(H,30,33)(H,34,35)/t21?,22-/m0/s1. The van der Waals surface area contributed by atoms with Crippen LogP contribution in [0.15, 0.2) is 30.5 Å². The number of carboxylic acid groups (broad SMARTS) is 1. The van der Waals surface area contributed by atoms with Crippen LogP contribution in [-0.2, 0) is 20.8 Å². The van der Waals surface area contributed by atoms with Crippen LogP contribution in [0.4, 0.5) is 0 Å². The third-order valence-corrected chi connectivity index (χ3v) is 7.68. The highest BCUT2D eigenvalue weighted by atomic mass is 16.4. The Kier molecular flexibility index (Phi) is 8.79. The molecule has 0 saturated carbocycles. The number of nitrogens with one attached hydrogen (secondary N) is 3. The Balaban J connectivity index is 1.23. The van der Waals surface area contributed by atoms with Crippen LogP contribution in [0.5, 0.6) is 0 Å². The van der Waals surface area contributed by atoms with Crippen molar-refractivity contribution in [3.63, 3.8) is 0 Å². The highest BCUT2D eigenvalue weighted by Gasteiger charge is 2.29. The van der Waals surface area contributed by atoms with Crippen molar-refractivity contribution in [1.29, 1.82) is 0 Å². The number of aromatic amines is 1. The van der Waals surface area contributed by atoms with E-state index in [1.165, 1.54) is 0 Å². The molecule has 1 unspecified atom stereocenters. The molecular formula is C27H38N4O4.